The molecule has 2 aliphatic rings. The molecule has 3 nitrogen and oxygen atoms in total. The molecule has 3 heteroatoms. The highest BCUT2D eigenvalue weighted by atomic mass is 16.2. The van der Waals surface area contributed by atoms with E-state index in [1.165, 1.54) is 25.7 Å². The molecular formula is C16H22N2O. The van der Waals surface area contributed by atoms with Gasteiger partial charge >= 0.3 is 0 Å². The summed E-state index contributed by atoms with van der Waals surface area (Å²) in [5.74, 6) is 1.68. The van der Waals surface area contributed by atoms with E-state index in [2.05, 4.69) is 4.90 Å². The van der Waals surface area contributed by atoms with E-state index in [0.717, 1.165) is 41.7 Å². The minimum Gasteiger partial charge on any atom is -0.399 e. The van der Waals surface area contributed by atoms with Gasteiger partial charge in [0.25, 0.3) is 5.91 Å². The van der Waals surface area contributed by atoms with Crippen molar-refractivity contribution < 1.29 is 4.79 Å². The standard InChI is InChI=1S/C16H22N2O/c1-11-8-14(6-7-15(11)17)16(19)18(9-12-2-3-12)10-13-4-5-13/h6-8,12-13H,2-5,9-10,17H2,1H3. The highest BCUT2D eigenvalue weighted by Gasteiger charge is 2.31. The summed E-state index contributed by atoms with van der Waals surface area (Å²) in [6.45, 7) is 3.84. The maximum Gasteiger partial charge on any atom is 0.253 e. The molecule has 0 saturated heterocycles. The molecule has 0 radical (unpaired) electrons. The van der Waals surface area contributed by atoms with Crippen LogP contribution in [0.1, 0.15) is 41.6 Å². The van der Waals surface area contributed by atoms with Gasteiger partial charge in [0.15, 0.2) is 0 Å². The number of hydrogen-bond acceptors (Lipinski definition) is 2. The maximum absolute atomic E-state index is 12.6. The first-order valence-corrected chi connectivity index (χ1v) is 7.29. The number of aryl methyl sites for hydroxylation is 1. The van der Waals surface area contributed by atoms with Gasteiger partial charge < -0.3 is 10.6 Å². The van der Waals surface area contributed by atoms with E-state index in [1.807, 2.05) is 25.1 Å². The van der Waals surface area contributed by atoms with Gasteiger partial charge in [-0.15, -0.1) is 0 Å². The first kappa shape index (κ1) is 12.5. The van der Waals surface area contributed by atoms with E-state index in [0.29, 0.717) is 0 Å². The first-order chi connectivity index (χ1) is 9.13. The molecule has 0 aliphatic heterocycles. The summed E-state index contributed by atoms with van der Waals surface area (Å²) in [7, 11) is 0. The fourth-order valence-electron chi connectivity index (χ4n) is 2.46. The van der Waals surface area contributed by atoms with E-state index in [-0.39, 0.29) is 5.91 Å². The van der Waals surface area contributed by atoms with Crippen LogP contribution >= 0.6 is 0 Å². The minimum absolute atomic E-state index is 0.182. The Bertz CT molecular complexity index is 476. The second-order valence-electron chi connectivity index (χ2n) is 6.17. The molecule has 0 spiro atoms. The average molecular weight is 258 g/mol. The number of benzene rings is 1. The van der Waals surface area contributed by atoms with Crippen LogP contribution in [0, 0.1) is 18.8 Å². The van der Waals surface area contributed by atoms with E-state index in [1.54, 1.807) is 0 Å². The number of nitrogen functional groups attached to an aromatic ring is 1. The lowest BCUT2D eigenvalue weighted by Gasteiger charge is -2.23. The largest absolute Gasteiger partial charge is 0.399 e. The van der Waals surface area contributed by atoms with Crippen LogP contribution in [-0.4, -0.2) is 23.9 Å². The smallest absolute Gasteiger partial charge is 0.253 e. The zero-order valence-corrected chi connectivity index (χ0v) is 11.6. The summed E-state index contributed by atoms with van der Waals surface area (Å²) in [5.41, 5.74) is 8.35. The molecule has 102 valence electrons. The highest BCUT2D eigenvalue weighted by Crippen LogP contribution is 2.34. The first-order valence-electron chi connectivity index (χ1n) is 7.29. The molecule has 1 aromatic rings. The molecule has 2 aliphatic carbocycles. The number of anilines is 1. The van der Waals surface area contributed by atoms with E-state index in [4.69, 9.17) is 5.73 Å². The van der Waals surface area contributed by atoms with Gasteiger partial charge in [-0.3, -0.25) is 4.79 Å². The van der Waals surface area contributed by atoms with Crippen molar-refractivity contribution in [2.75, 3.05) is 18.8 Å². The predicted molar refractivity (Wildman–Crippen MR) is 76.9 cm³/mol. The molecule has 0 heterocycles. The van der Waals surface area contributed by atoms with Gasteiger partial charge in [-0.2, -0.15) is 0 Å². The van der Waals surface area contributed by atoms with Crippen LogP contribution in [-0.2, 0) is 0 Å². The Labute approximate surface area is 114 Å². The van der Waals surface area contributed by atoms with Gasteiger partial charge in [-0.1, -0.05) is 0 Å². The Morgan fingerprint density at radius 1 is 1.21 bits per heavy atom. The van der Waals surface area contributed by atoms with Crippen LogP contribution in [0.25, 0.3) is 0 Å². The van der Waals surface area contributed by atoms with Gasteiger partial charge in [-0.25, -0.2) is 0 Å². The average Bonchev–Trinajstić information content (AvgIpc) is 3.26. The Balaban J connectivity index is 1.74. The van der Waals surface area contributed by atoms with Crippen molar-refractivity contribution >= 4 is 11.6 Å². The lowest BCUT2D eigenvalue weighted by atomic mass is 10.1. The fraction of sp³-hybridized carbons (Fsp3) is 0.562. The Hall–Kier alpha value is -1.51. The van der Waals surface area contributed by atoms with Crippen LogP contribution in [0.5, 0.6) is 0 Å². The van der Waals surface area contributed by atoms with E-state index in [9.17, 15) is 4.79 Å². The molecule has 19 heavy (non-hydrogen) atoms. The van der Waals surface area contributed by atoms with Crippen molar-refractivity contribution in [2.24, 2.45) is 11.8 Å². The number of hydrogen-bond donors (Lipinski definition) is 1. The summed E-state index contributed by atoms with van der Waals surface area (Å²) < 4.78 is 0. The van der Waals surface area contributed by atoms with Crippen molar-refractivity contribution in [3.8, 4) is 0 Å². The second kappa shape index (κ2) is 4.87. The van der Waals surface area contributed by atoms with Gasteiger partial charge in [0.1, 0.15) is 0 Å². The van der Waals surface area contributed by atoms with Crippen LogP contribution in [0.4, 0.5) is 5.69 Å². The lowest BCUT2D eigenvalue weighted by molar-refractivity contribution is 0.0739. The van der Waals surface area contributed by atoms with Crippen LogP contribution in [0.2, 0.25) is 0 Å². The molecule has 2 N–H and O–H groups in total. The summed E-state index contributed by atoms with van der Waals surface area (Å²) in [6, 6.07) is 5.62. The third-order valence-corrected chi connectivity index (χ3v) is 4.15. The van der Waals surface area contributed by atoms with Crippen LogP contribution < -0.4 is 5.73 Å². The quantitative estimate of drug-likeness (QED) is 0.825. The number of rotatable bonds is 5. The molecule has 0 unspecified atom stereocenters. The SMILES string of the molecule is Cc1cc(C(=O)N(CC2CC2)CC2CC2)ccc1N. The monoisotopic (exact) mass is 258 g/mol. The Morgan fingerprint density at radius 3 is 2.26 bits per heavy atom. The maximum atomic E-state index is 12.6. The summed E-state index contributed by atoms with van der Waals surface area (Å²) in [4.78, 5) is 14.7. The molecule has 1 amide bonds. The number of nitrogens with two attached hydrogens (primary N) is 1. The number of amides is 1. The van der Waals surface area contributed by atoms with Crippen molar-refractivity contribution in [2.45, 2.75) is 32.6 Å². The van der Waals surface area contributed by atoms with Crippen molar-refractivity contribution in [1.82, 2.24) is 4.90 Å². The topological polar surface area (TPSA) is 46.3 Å². The molecule has 2 saturated carbocycles. The Morgan fingerprint density at radius 2 is 1.79 bits per heavy atom. The third kappa shape index (κ3) is 3.09. The van der Waals surface area contributed by atoms with Gasteiger partial charge in [-0.05, 0) is 68.2 Å². The van der Waals surface area contributed by atoms with Crippen LogP contribution in [0.15, 0.2) is 18.2 Å². The third-order valence-electron chi connectivity index (χ3n) is 4.15. The van der Waals surface area contributed by atoms with Crippen molar-refractivity contribution in [1.29, 1.82) is 0 Å². The second-order valence-corrected chi connectivity index (χ2v) is 6.17. The molecule has 3 rings (SSSR count). The van der Waals surface area contributed by atoms with Gasteiger partial charge in [0.05, 0.1) is 0 Å². The highest BCUT2D eigenvalue weighted by molar-refractivity contribution is 5.95. The zero-order valence-electron chi connectivity index (χ0n) is 11.6. The van der Waals surface area contributed by atoms with Gasteiger partial charge in [0.2, 0.25) is 0 Å². The summed E-state index contributed by atoms with van der Waals surface area (Å²) >= 11 is 0. The fourth-order valence-corrected chi connectivity index (χ4v) is 2.46. The normalized spacial score (nSPS) is 18.4. The molecule has 0 atom stereocenters. The summed E-state index contributed by atoms with van der Waals surface area (Å²) in [5, 5.41) is 0. The minimum atomic E-state index is 0.182. The van der Waals surface area contributed by atoms with E-state index >= 15 is 0 Å². The van der Waals surface area contributed by atoms with Crippen molar-refractivity contribution in [3.05, 3.63) is 29.3 Å². The molecule has 2 fully saturated rings. The molecular weight excluding hydrogens is 236 g/mol. The van der Waals surface area contributed by atoms with Crippen molar-refractivity contribution in [3.63, 3.8) is 0 Å². The number of carbonyl (C=O) groups excluding carboxylic acids is 1. The van der Waals surface area contributed by atoms with Gasteiger partial charge in [0, 0.05) is 24.3 Å². The Kier molecular flexibility index (Phi) is 3.21. The zero-order chi connectivity index (χ0) is 13.4. The van der Waals surface area contributed by atoms with E-state index < -0.39 is 0 Å². The molecule has 0 bridgehead atoms. The molecule has 0 aromatic heterocycles. The summed E-state index contributed by atoms with van der Waals surface area (Å²) in [6.07, 6.45) is 5.15. The number of nitrogens with zero attached hydrogens (tertiary/aromatic N) is 1. The number of carbonyl (C=O) groups is 1. The van der Waals surface area contributed by atoms with Crippen LogP contribution in [0.3, 0.4) is 0 Å². The predicted octanol–water partition coefficient (Wildman–Crippen LogP) is 2.84. The molecule has 1 aromatic carbocycles. The lowest BCUT2D eigenvalue weighted by Crippen LogP contribution is -2.34.